The maximum atomic E-state index is 13.7. The van der Waals surface area contributed by atoms with E-state index in [4.69, 9.17) is 10.5 Å². The predicted octanol–water partition coefficient (Wildman–Crippen LogP) is 4.69. The molecule has 3 heterocycles. The fourth-order valence-electron chi connectivity index (χ4n) is 3.91. The molecule has 0 bridgehead atoms. The van der Waals surface area contributed by atoms with Gasteiger partial charge in [-0.1, -0.05) is 26.0 Å². The Hall–Kier alpha value is -3.78. The second kappa shape index (κ2) is 9.38. The molecule has 0 unspecified atom stereocenters. The number of fused-ring (bicyclic) bond motifs is 3. The minimum absolute atomic E-state index is 0.0971. The van der Waals surface area contributed by atoms with Crippen LogP contribution >= 0.6 is 0 Å². The number of amides is 1. The van der Waals surface area contributed by atoms with Crippen LogP contribution in [-0.4, -0.2) is 20.4 Å². The van der Waals surface area contributed by atoms with Crippen LogP contribution < -0.4 is 11.1 Å². The number of nitrogens with zero attached hydrogens (tertiary/aromatic N) is 3. The third-order valence-corrected chi connectivity index (χ3v) is 5.47. The van der Waals surface area contributed by atoms with Crippen molar-refractivity contribution < 1.29 is 13.9 Å². The summed E-state index contributed by atoms with van der Waals surface area (Å²) in [6, 6.07) is 12.2. The Morgan fingerprint density at radius 2 is 1.91 bits per heavy atom. The first-order valence-corrected chi connectivity index (χ1v) is 10.9. The van der Waals surface area contributed by atoms with Gasteiger partial charge in [-0.25, -0.2) is 14.4 Å². The van der Waals surface area contributed by atoms with Crippen LogP contribution in [0.2, 0.25) is 0 Å². The van der Waals surface area contributed by atoms with Crippen molar-refractivity contribution in [3.05, 3.63) is 77.0 Å². The first kappa shape index (κ1) is 22.4. The highest BCUT2D eigenvalue weighted by Gasteiger charge is 2.25. The van der Waals surface area contributed by atoms with E-state index < -0.39 is 0 Å². The average molecular weight is 448 g/mol. The quantitative estimate of drug-likeness (QED) is 0.473. The van der Waals surface area contributed by atoms with Gasteiger partial charge in [0.1, 0.15) is 23.2 Å². The van der Waals surface area contributed by atoms with Gasteiger partial charge >= 0.3 is 0 Å². The topological polar surface area (TPSA) is 95.1 Å². The number of benzene rings is 2. The summed E-state index contributed by atoms with van der Waals surface area (Å²) in [7, 11) is 0. The lowest BCUT2D eigenvalue weighted by Crippen LogP contribution is -2.14. The van der Waals surface area contributed by atoms with Crippen LogP contribution in [0.5, 0.6) is 0 Å². The van der Waals surface area contributed by atoms with Gasteiger partial charge in [0.05, 0.1) is 25.3 Å². The van der Waals surface area contributed by atoms with E-state index in [1.807, 2.05) is 42.7 Å². The standard InChI is InChI=1S/C23H20FN5O2.C2H6/c1-13-2-3-14(8-18(13)24)9-20(30)28-15-4-6-16(7-5-15)29-19-11-31-10-17(19)21-22(29)23(25)27-12-26-21;1-2/h2-8,12H,9-11H2,1H3,(H,28,30)(H2,25,26,27);1-2H3. The van der Waals surface area contributed by atoms with Gasteiger partial charge in [0, 0.05) is 16.9 Å². The van der Waals surface area contributed by atoms with Crippen LogP contribution in [0.3, 0.4) is 0 Å². The van der Waals surface area contributed by atoms with E-state index in [-0.39, 0.29) is 18.1 Å². The number of halogens is 1. The molecule has 0 saturated heterocycles. The summed E-state index contributed by atoms with van der Waals surface area (Å²) in [6.07, 6.45) is 1.55. The minimum atomic E-state index is -0.312. The highest BCUT2D eigenvalue weighted by molar-refractivity contribution is 5.93. The summed E-state index contributed by atoms with van der Waals surface area (Å²) in [5.74, 6) is -0.121. The Labute approximate surface area is 191 Å². The van der Waals surface area contributed by atoms with Crippen molar-refractivity contribution in [2.24, 2.45) is 0 Å². The molecule has 0 fully saturated rings. The van der Waals surface area contributed by atoms with Crippen LogP contribution in [-0.2, 0) is 29.2 Å². The van der Waals surface area contributed by atoms with E-state index in [1.54, 1.807) is 19.1 Å². The molecule has 1 amide bonds. The molecule has 1 aliphatic heterocycles. The van der Waals surface area contributed by atoms with Gasteiger partial charge in [0.2, 0.25) is 5.91 Å². The third-order valence-electron chi connectivity index (χ3n) is 5.47. The molecular formula is C25H26FN5O2. The van der Waals surface area contributed by atoms with E-state index in [1.165, 1.54) is 12.4 Å². The molecule has 1 aliphatic rings. The summed E-state index contributed by atoms with van der Waals surface area (Å²) in [6.45, 7) is 6.65. The Bertz CT molecular complexity index is 1310. The summed E-state index contributed by atoms with van der Waals surface area (Å²) in [5.41, 5.74) is 12.4. The summed E-state index contributed by atoms with van der Waals surface area (Å²) in [5, 5.41) is 2.85. The summed E-state index contributed by atoms with van der Waals surface area (Å²) < 4.78 is 21.3. The molecule has 0 spiro atoms. The van der Waals surface area contributed by atoms with Gasteiger partial charge in [-0.3, -0.25) is 4.79 Å². The van der Waals surface area contributed by atoms with Gasteiger partial charge < -0.3 is 20.4 Å². The van der Waals surface area contributed by atoms with Crippen LogP contribution in [0.4, 0.5) is 15.9 Å². The average Bonchev–Trinajstić information content (AvgIpc) is 3.40. The van der Waals surface area contributed by atoms with E-state index >= 15 is 0 Å². The van der Waals surface area contributed by atoms with Crippen molar-refractivity contribution in [1.82, 2.24) is 14.5 Å². The molecule has 7 nitrogen and oxygen atoms in total. The number of ether oxygens (including phenoxy) is 1. The van der Waals surface area contributed by atoms with Crippen molar-refractivity contribution in [2.45, 2.75) is 40.4 Å². The molecule has 170 valence electrons. The molecule has 2 aromatic carbocycles. The van der Waals surface area contributed by atoms with Gasteiger partial charge in [0.25, 0.3) is 0 Å². The zero-order chi connectivity index (χ0) is 23.5. The van der Waals surface area contributed by atoms with Crippen LogP contribution in [0, 0.1) is 12.7 Å². The Kier molecular flexibility index (Phi) is 6.37. The van der Waals surface area contributed by atoms with Crippen molar-refractivity contribution >= 4 is 28.4 Å². The molecule has 0 saturated carbocycles. The largest absolute Gasteiger partial charge is 0.382 e. The van der Waals surface area contributed by atoms with Crippen molar-refractivity contribution in [1.29, 1.82) is 0 Å². The number of carbonyl (C=O) groups is 1. The summed E-state index contributed by atoms with van der Waals surface area (Å²) >= 11 is 0. The highest BCUT2D eigenvalue weighted by atomic mass is 19.1. The molecule has 5 rings (SSSR count). The number of carbonyl (C=O) groups excluding carboxylic acids is 1. The normalized spacial score (nSPS) is 12.2. The van der Waals surface area contributed by atoms with Gasteiger partial charge in [-0.05, 0) is 48.4 Å². The molecule has 0 radical (unpaired) electrons. The Morgan fingerprint density at radius 1 is 1.15 bits per heavy atom. The zero-order valence-corrected chi connectivity index (χ0v) is 18.9. The van der Waals surface area contributed by atoms with Gasteiger partial charge in [-0.2, -0.15) is 0 Å². The predicted molar refractivity (Wildman–Crippen MR) is 127 cm³/mol. The van der Waals surface area contributed by atoms with Crippen LogP contribution in [0.25, 0.3) is 16.7 Å². The Morgan fingerprint density at radius 3 is 2.64 bits per heavy atom. The molecule has 8 heteroatoms. The molecule has 33 heavy (non-hydrogen) atoms. The molecule has 3 N–H and O–H groups in total. The summed E-state index contributed by atoms with van der Waals surface area (Å²) in [4.78, 5) is 20.9. The van der Waals surface area contributed by atoms with Crippen molar-refractivity contribution in [3.63, 3.8) is 0 Å². The van der Waals surface area contributed by atoms with E-state index in [0.717, 1.165) is 28.0 Å². The zero-order valence-electron chi connectivity index (χ0n) is 18.9. The van der Waals surface area contributed by atoms with Crippen molar-refractivity contribution in [2.75, 3.05) is 11.1 Å². The Balaban J connectivity index is 0.00000126. The molecular weight excluding hydrogens is 421 g/mol. The number of aryl methyl sites for hydroxylation is 1. The van der Waals surface area contributed by atoms with Gasteiger partial charge in [-0.15, -0.1) is 0 Å². The SMILES string of the molecule is CC.Cc1ccc(CC(=O)Nc2ccc(-n3c4c(c5ncnc(N)c53)COC4)cc2)cc1F. The number of aromatic nitrogens is 3. The second-order valence-electron chi connectivity index (χ2n) is 7.56. The molecule has 2 aromatic heterocycles. The third kappa shape index (κ3) is 4.29. The van der Waals surface area contributed by atoms with E-state index in [0.29, 0.717) is 35.8 Å². The highest BCUT2D eigenvalue weighted by Crippen LogP contribution is 2.35. The molecule has 0 aliphatic carbocycles. The second-order valence-corrected chi connectivity index (χ2v) is 7.56. The first-order chi connectivity index (χ1) is 16.0. The van der Waals surface area contributed by atoms with Gasteiger partial charge in [0.15, 0.2) is 5.82 Å². The number of nitrogen functional groups attached to an aromatic ring is 1. The fourth-order valence-corrected chi connectivity index (χ4v) is 3.91. The maximum absolute atomic E-state index is 13.7. The first-order valence-electron chi connectivity index (χ1n) is 10.9. The maximum Gasteiger partial charge on any atom is 0.228 e. The number of rotatable bonds is 4. The van der Waals surface area contributed by atoms with E-state index in [9.17, 15) is 9.18 Å². The van der Waals surface area contributed by atoms with Crippen LogP contribution in [0.15, 0.2) is 48.8 Å². The smallest absolute Gasteiger partial charge is 0.228 e. The fraction of sp³-hybridized carbons (Fsp3) is 0.240. The monoisotopic (exact) mass is 447 g/mol. The lowest BCUT2D eigenvalue weighted by Gasteiger charge is -2.12. The number of hydrogen-bond acceptors (Lipinski definition) is 5. The van der Waals surface area contributed by atoms with Crippen molar-refractivity contribution in [3.8, 4) is 5.69 Å². The molecule has 0 atom stereocenters. The lowest BCUT2D eigenvalue weighted by molar-refractivity contribution is -0.115. The lowest BCUT2D eigenvalue weighted by atomic mass is 10.1. The van der Waals surface area contributed by atoms with E-state index in [2.05, 4.69) is 15.3 Å². The number of nitrogens with one attached hydrogen (secondary N) is 1. The molecule has 4 aromatic rings. The van der Waals surface area contributed by atoms with Crippen LogP contribution in [0.1, 0.15) is 36.2 Å². The number of hydrogen-bond donors (Lipinski definition) is 2. The number of anilines is 2. The number of nitrogens with two attached hydrogens (primary N) is 1. The minimum Gasteiger partial charge on any atom is -0.382 e.